The molecule has 1 heterocycles. The molecule has 130 valence electrons. The van der Waals surface area contributed by atoms with Gasteiger partial charge in [0, 0.05) is 18.3 Å². The summed E-state index contributed by atoms with van der Waals surface area (Å²) in [6, 6.07) is 3.18. The first-order chi connectivity index (χ1) is 11.3. The zero-order chi connectivity index (χ0) is 17.3. The normalized spacial score (nSPS) is 17.2. The highest BCUT2D eigenvalue weighted by Crippen LogP contribution is 2.35. The number of alkyl halides is 3. The molecule has 0 unspecified atom stereocenters. The van der Waals surface area contributed by atoms with Gasteiger partial charge in [0.1, 0.15) is 0 Å². The number of fused-ring (bicyclic) bond motifs is 1. The maximum Gasteiger partial charge on any atom is 0.416 e. The van der Waals surface area contributed by atoms with E-state index in [-0.39, 0.29) is 12.6 Å². The van der Waals surface area contributed by atoms with Crippen LogP contribution in [0.15, 0.2) is 18.2 Å². The lowest BCUT2D eigenvalue weighted by molar-refractivity contribution is -0.137. The average molecular weight is 341 g/mol. The summed E-state index contributed by atoms with van der Waals surface area (Å²) in [5.41, 5.74) is 0.509. The molecule has 0 spiro atoms. The highest BCUT2D eigenvalue weighted by molar-refractivity contribution is 5.96. The minimum Gasteiger partial charge on any atom is -0.362 e. The Morgan fingerprint density at radius 1 is 1.25 bits per heavy atom. The van der Waals surface area contributed by atoms with Crippen LogP contribution in [0.5, 0.6) is 0 Å². The van der Waals surface area contributed by atoms with Crippen LogP contribution in [-0.2, 0) is 17.4 Å². The number of halogens is 3. The molecule has 2 N–H and O–H groups in total. The van der Waals surface area contributed by atoms with Crippen molar-refractivity contribution in [3.63, 3.8) is 0 Å². The van der Waals surface area contributed by atoms with E-state index in [2.05, 4.69) is 10.6 Å². The van der Waals surface area contributed by atoms with Crippen molar-refractivity contribution in [3.8, 4) is 0 Å². The second-order valence-corrected chi connectivity index (χ2v) is 6.16. The van der Waals surface area contributed by atoms with Crippen LogP contribution in [0.25, 0.3) is 0 Å². The Morgan fingerprint density at radius 3 is 2.67 bits per heavy atom. The van der Waals surface area contributed by atoms with Crippen molar-refractivity contribution >= 4 is 17.6 Å². The maximum absolute atomic E-state index is 12.8. The standard InChI is InChI=1S/C16H18F3N3O2/c17-16(18,19)11-3-6-13-10(8-11)2-1-7-22(13)9-14(23)21-15(24)20-12-4-5-12/h3,6,8,12H,1-2,4-5,7,9H2,(H2,20,21,23,24). The van der Waals surface area contributed by atoms with Crippen LogP contribution < -0.4 is 15.5 Å². The Bertz CT molecular complexity index is 656. The molecule has 0 atom stereocenters. The van der Waals surface area contributed by atoms with Crippen LogP contribution >= 0.6 is 0 Å². The lowest BCUT2D eigenvalue weighted by Crippen LogP contribution is -2.46. The van der Waals surface area contributed by atoms with Crippen molar-refractivity contribution in [2.75, 3.05) is 18.0 Å². The third-order valence-electron chi connectivity index (χ3n) is 4.12. The number of hydrogen-bond donors (Lipinski definition) is 2. The molecule has 8 heteroatoms. The van der Waals surface area contributed by atoms with Gasteiger partial charge in [0.05, 0.1) is 12.1 Å². The van der Waals surface area contributed by atoms with E-state index < -0.39 is 23.7 Å². The number of aryl methyl sites for hydroxylation is 1. The van der Waals surface area contributed by atoms with Gasteiger partial charge in [-0.3, -0.25) is 10.1 Å². The molecule has 1 aromatic rings. The zero-order valence-electron chi connectivity index (χ0n) is 12.9. The molecule has 2 aliphatic rings. The van der Waals surface area contributed by atoms with Crippen molar-refractivity contribution in [3.05, 3.63) is 29.3 Å². The first-order valence-electron chi connectivity index (χ1n) is 7.88. The summed E-state index contributed by atoms with van der Waals surface area (Å²) in [7, 11) is 0. The van der Waals surface area contributed by atoms with Crippen molar-refractivity contribution in [2.45, 2.75) is 37.9 Å². The number of amides is 3. The summed E-state index contributed by atoms with van der Waals surface area (Å²) < 4.78 is 38.4. The van der Waals surface area contributed by atoms with Crippen LogP contribution in [0.1, 0.15) is 30.4 Å². The van der Waals surface area contributed by atoms with E-state index in [1.54, 1.807) is 4.90 Å². The molecular formula is C16H18F3N3O2. The van der Waals surface area contributed by atoms with Gasteiger partial charge in [0.2, 0.25) is 5.91 Å². The molecule has 0 aromatic heterocycles. The summed E-state index contributed by atoms with van der Waals surface area (Å²) in [5.74, 6) is -0.471. The molecule has 1 fully saturated rings. The summed E-state index contributed by atoms with van der Waals surface area (Å²) in [6.45, 7) is 0.506. The largest absolute Gasteiger partial charge is 0.416 e. The SMILES string of the molecule is O=C(CN1CCCc2cc(C(F)(F)F)ccc21)NC(=O)NC1CC1. The summed E-state index contributed by atoms with van der Waals surface area (Å²) in [4.78, 5) is 25.2. The van der Waals surface area contributed by atoms with E-state index >= 15 is 0 Å². The molecule has 3 rings (SSSR count). The van der Waals surface area contributed by atoms with Crippen LogP contribution in [0.3, 0.4) is 0 Å². The highest BCUT2D eigenvalue weighted by Gasteiger charge is 2.32. The minimum atomic E-state index is -4.38. The van der Waals surface area contributed by atoms with Gasteiger partial charge in [-0.05, 0) is 49.4 Å². The van der Waals surface area contributed by atoms with Crippen molar-refractivity contribution in [1.29, 1.82) is 0 Å². The molecule has 24 heavy (non-hydrogen) atoms. The van der Waals surface area contributed by atoms with Crippen molar-refractivity contribution in [2.24, 2.45) is 0 Å². The molecule has 5 nitrogen and oxygen atoms in total. The number of carbonyl (C=O) groups is 2. The second kappa shape index (κ2) is 6.33. The molecule has 1 saturated carbocycles. The number of nitrogens with one attached hydrogen (secondary N) is 2. The number of urea groups is 1. The molecule has 0 radical (unpaired) electrons. The molecule has 0 saturated heterocycles. The summed E-state index contributed by atoms with van der Waals surface area (Å²) >= 11 is 0. The van der Waals surface area contributed by atoms with Crippen LogP contribution in [0, 0.1) is 0 Å². The van der Waals surface area contributed by atoms with E-state index in [1.807, 2.05) is 0 Å². The van der Waals surface area contributed by atoms with Crippen LogP contribution in [0.4, 0.5) is 23.7 Å². The first kappa shape index (κ1) is 16.6. The van der Waals surface area contributed by atoms with Crippen molar-refractivity contribution in [1.82, 2.24) is 10.6 Å². The monoisotopic (exact) mass is 341 g/mol. The molecular weight excluding hydrogens is 323 g/mol. The number of benzene rings is 1. The van der Waals surface area contributed by atoms with Gasteiger partial charge in [-0.1, -0.05) is 0 Å². The van der Waals surface area contributed by atoms with Crippen molar-refractivity contribution < 1.29 is 22.8 Å². The molecule has 1 aromatic carbocycles. The fourth-order valence-electron chi connectivity index (χ4n) is 2.80. The number of rotatable bonds is 3. The second-order valence-electron chi connectivity index (χ2n) is 6.16. The van der Waals surface area contributed by atoms with E-state index in [1.165, 1.54) is 6.07 Å². The molecule has 1 aliphatic heterocycles. The first-order valence-corrected chi connectivity index (χ1v) is 7.88. The van der Waals surface area contributed by atoms with Gasteiger partial charge in [-0.25, -0.2) is 4.79 Å². The Labute approximate surface area is 137 Å². The third-order valence-corrected chi connectivity index (χ3v) is 4.12. The number of carbonyl (C=O) groups excluding carboxylic acids is 2. The highest BCUT2D eigenvalue weighted by atomic mass is 19.4. The third kappa shape index (κ3) is 3.98. The topological polar surface area (TPSA) is 61.4 Å². The summed E-state index contributed by atoms with van der Waals surface area (Å²) in [6.07, 6.45) is -1.34. The maximum atomic E-state index is 12.8. The quantitative estimate of drug-likeness (QED) is 0.888. The minimum absolute atomic E-state index is 0.0591. The lowest BCUT2D eigenvalue weighted by atomic mass is 9.99. The predicted molar refractivity (Wildman–Crippen MR) is 81.7 cm³/mol. The fraction of sp³-hybridized carbons (Fsp3) is 0.500. The Hall–Kier alpha value is -2.25. The number of anilines is 1. The molecule has 1 aliphatic carbocycles. The van der Waals surface area contributed by atoms with Gasteiger partial charge < -0.3 is 10.2 Å². The fourth-order valence-corrected chi connectivity index (χ4v) is 2.80. The Balaban J connectivity index is 1.65. The summed E-state index contributed by atoms with van der Waals surface area (Å²) in [5, 5.41) is 4.91. The number of imide groups is 1. The van der Waals surface area contributed by atoms with Gasteiger partial charge in [0.25, 0.3) is 0 Å². The Kier molecular flexibility index (Phi) is 4.38. The zero-order valence-corrected chi connectivity index (χ0v) is 12.9. The molecule has 0 bridgehead atoms. The number of nitrogens with zero attached hydrogens (tertiary/aromatic N) is 1. The van der Waals surface area contributed by atoms with Gasteiger partial charge in [-0.2, -0.15) is 13.2 Å². The predicted octanol–water partition coefficient (Wildman–Crippen LogP) is 2.45. The van der Waals surface area contributed by atoms with E-state index in [0.717, 1.165) is 25.0 Å². The lowest BCUT2D eigenvalue weighted by Gasteiger charge is -2.31. The van der Waals surface area contributed by atoms with Gasteiger partial charge in [-0.15, -0.1) is 0 Å². The molecule has 3 amide bonds. The van der Waals surface area contributed by atoms with Gasteiger partial charge in [0.15, 0.2) is 0 Å². The Morgan fingerprint density at radius 2 is 2.00 bits per heavy atom. The van der Waals surface area contributed by atoms with E-state index in [4.69, 9.17) is 0 Å². The number of hydrogen-bond acceptors (Lipinski definition) is 3. The average Bonchev–Trinajstić information content (AvgIpc) is 3.29. The van der Waals surface area contributed by atoms with Crippen LogP contribution in [-0.4, -0.2) is 31.1 Å². The van der Waals surface area contributed by atoms with E-state index in [9.17, 15) is 22.8 Å². The van der Waals surface area contributed by atoms with Gasteiger partial charge >= 0.3 is 12.2 Å². The van der Waals surface area contributed by atoms with Crippen LogP contribution in [0.2, 0.25) is 0 Å². The van der Waals surface area contributed by atoms with E-state index in [0.29, 0.717) is 30.6 Å². The smallest absolute Gasteiger partial charge is 0.362 e.